The second-order valence-corrected chi connectivity index (χ2v) is 4.93. The van der Waals surface area contributed by atoms with Gasteiger partial charge in [-0.15, -0.1) is 0 Å². The maximum atomic E-state index is 4.33. The van der Waals surface area contributed by atoms with Gasteiger partial charge in [0, 0.05) is 23.8 Å². The molecule has 0 fully saturated rings. The van der Waals surface area contributed by atoms with E-state index < -0.39 is 0 Å². The number of anilines is 1. The Balaban J connectivity index is 1.55. The van der Waals surface area contributed by atoms with Crippen LogP contribution < -0.4 is 5.32 Å². The van der Waals surface area contributed by atoms with Gasteiger partial charge >= 0.3 is 0 Å². The van der Waals surface area contributed by atoms with E-state index in [1.54, 1.807) is 0 Å². The molecule has 2 nitrogen and oxygen atoms in total. The first-order valence-electron chi connectivity index (χ1n) is 7.04. The molecule has 0 aliphatic rings. The van der Waals surface area contributed by atoms with Gasteiger partial charge in [-0.25, -0.2) is 0 Å². The van der Waals surface area contributed by atoms with E-state index in [1.165, 1.54) is 16.6 Å². The van der Waals surface area contributed by atoms with E-state index in [0.29, 0.717) is 0 Å². The van der Waals surface area contributed by atoms with Crippen LogP contribution in [0.15, 0.2) is 66.9 Å². The standard InChI is InChI=1S/C18H18N2/c1-2-6-15(7-3-1)8-4-12-19-17-10-11-18-16(14-17)9-5-13-20-18/h1-3,5-7,9-11,13-14,19H,4,8,12H2. The molecule has 0 bridgehead atoms. The third-order valence-electron chi connectivity index (χ3n) is 3.42. The van der Waals surface area contributed by atoms with Crippen LogP contribution in [-0.2, 0) is 6.42 Å². The molecule has 100 valence electrons. The summed E-state index contributed by atoms with van der Waals surface area (Å²) in [6, 6.07) is 21.0. The summed E-state index contributed by atoms with van der Waals surface area (Å²) in [6.45, 7) is 0.987. The summed E-state index contributed by atoms with van der Waals surface area (Å²) in [4.78, 5) is 4.33. The van der Waals surface area contributed by atoms with Crippen molar-refractivity contribution in [3.63, 3.8) is 0 Å². The third-order valence-corrected chi connectivity index (χ3v) is 3.42. The third kappa shape index (κ3) is 3.15. The highest BCUT2D eigenvalue weighted by Crippen LogP contribution is 2.17. The molecule has 0 aliphatic heterocycles. The van der Waals surface area contributed by atoms with Crippen molar-refractivity contribution >= 4 is 16.6 Å². The summed E-state index contributed by atoms with van der Waals surface area (Å²) in [5.41, 5.74) is 3.61. The number of pyridine rings is 1. The van der Waals surface area contributed by atoms with Crippen LogP contribution in [0.25, 0.3) is 10.9 Å². The van der Waals surface area contributed by atoms with Gasteiger partial charge in [0.15, 0.2) is 0 Å². The van der Waals surface area contributed by atoms with Crippen LogP contribution in [0.5, 0.6) is 0 Å². The molecule has 3 rings (SSSR count). The summed E-state index contributed by atoms with van der Waals surface area (Å²) >= 11 is 0. The molecule has 2 heteroatoms. The minimum atomic E-state index is 0.987. The first kappa shape index (κ1) is 12.7. The molecule has 0 saturated carbocycles. The molecule has 2 aromatic carbocycles. The second kappa shape index (κ2) is 6.20. The largest absolute Gasteiger partial charge is 0.385 e. The molecule has 0 amide bonds. The summed E-state index contributed by atoms with van der Waals surface area (Å²) < 4.78 is 0. The average molecular weight is 262 g/mol. The Morgan fingerprint density at radius 3 is 2.70 bits per heavy atom. The van der Waals surface area contributed by atoms with Crippen molar-refractivity contribution in [3.8, 4) is 0 Å². The van der Waals surface area contributed by atoms with Crippen LogP contribution >= 0.6 is 0 Å². The van der Waals surface area contributed by atoms with Crippen molar-refractivity contribution in [3.05, 3.63) is 72.4 Å². The van der Waals surface area contributed by atoms with Crippen LogP contribution in [0.1, 0.15) is 12.0 Å². The molecular weight excluding hydrogens is 244 g/mol. The minimum Gasteiger partial charge on any atom is -0.385 e. The molecule has 0 atom stereocenters. The lowest BCUT2D eigenvalue weighted by molar-refractivity contribution is 0.863. The number of hydrogen-bond donors (Lipinski definition) is 1. The van der Waals surface area contributed by atoms with Crippen molar-refractivity contribution in [1.82, 2.24) is 4.98 Å². The van der Waals surface area contributed by atoms with Crippen molar-refractivity contribution in [1.29, 1.82) is 0 Å². The number of benzene rings is 2. The van der Waals surface area contributed by atoms with Gasteiger partial charge in [-0.05, 0) is 42.7 Å². The van der Waals surface area contributed by atoms with Gasteiger partial charge in [0.1, 0.15) is 0 Å². The molecule has 0 unspecified atom stereocenters. The van der Waals surface area contributed by atoms with Crippen molar-refractivity contribution < 1.29 is 0 Å². The van der Waals surface area contributed by atoms with Gasteiger partial charge in [-0.3, -0.25) is 4.98 Å². The lowest BCUT2D eigenvalue weighted by atomic mass is 10.1. The maximum absolute atomic E-state index is 4.33. The highest BCUT2D eigenvalue weighted by molar-refractivity contribution is 5.82. The van der Waals surface area contributed by atoms with E-state index in [0.717, 1.165) is 24.9 Å². The van der Waals surface area contributed by atoms with E-state index in [2.05, 4.69) is 64.9 Å². The van der Waals surface area contributed by atoms with Crippen LogP contribution in [0.4, 0.5) is 5.69 Å². The summed E-state index contributed by atoms with van der Waals surface area (Å²) in [5, 5.41) is 4.66. The molecule has 0 radical (unpaired) electrons. The highest BCUT2D eigenvalue weighted by atomic mass is 14.9. The smallest absolute Gasteiger partial charge is 0.0703 e. The Bertz CT molecular complexity index is 677. The minimum absolute atomic E-state index is 0.987. The van der Waals surface area contributed by atoms with Gasteiger partial charge < -0.3 is 5.32 Å². The number of rotatable bonds is 5. The van der Waals surface area contributed by atoms with E-state index in [-0.39, 0.29) is 0 Å². The Kier molecular flexibility index (Phi) is 3.93. The average Bonchev–Trinajstić information content (AvgIpc) is 2.52. The summed E-state index contributed by atoms with van der Waals surface area (Å²) in [5.74, 6) is 0. The molecule has 0 spiro atoms. The fourth-order valence-electron chi connectivity index (χ4n) is 2.36. The van der Waals surface area contributed by atoms with Crippen LogP contribution in [0, 0.1) is 0 Å². The van der Waals surface area contributed by atoms with Crippen LogP contribution in [-0.4, -0.2) is 11.5 Å². The van der Waals surface area contributed by atoms with E-state index in [4.69, 9.17) is 0 Å². The van der Waals surface area contributed by atoms with E-state index in [1.807, 2.05) is 12.3 Å². The zero-order valence-corrected chi connectivity index (χ0v) is 11.4. The first-order chi connectivity index (χ1) is 9.92. The van der Waals surface area contributed by atoms with Crippen LogP contribution in [0.2, 0.25) is 0 Å². The molecule has 20 heavy (non-hydrogen) atoms. The Labute approximate surface area is 119 Å². The fraction of sp³-hybridized carbons (Fsp3) is 0.167. The van der Waals surface area contributed by atoms with Crippen LogP contribution in [0.3, 0.4) is 0 Å². The monoisotopic (exact) mass is 262 g/mol. The zero-order chi connectivity index (χ0) is 13.6. The summed E-state index contributed by atoms with van der Waals surface area (Å²) in [6.07, 6.45) is 4.08. The second-order valence-electron chi connectivity index (χ2n) is 4.93. The van der Waals surface area contributed by atoms with Crippen molar-refractivity contribution in [2.45, 2.75) is 12.8 Å². The molecule has 1 heterocycles. The Morgan fingerprint density at radius 2 is 1.80 bits per heavy atom. The molecule has 3 aromatic rings. The predicted octanol–water partition coefficient (Wildman–Crippen LogP) is 4.28. The number of fused-ring (bicyclic) bond motifs is 1. The van der Waals surface area contributed by atoms with E-state index >= 15 is 0 Å². The number of aromatic nitrogens is 1. The number of nitrogens with zero attached hydrogens (tertiary/aromatic N) is 1. The Morgan fingerprint density at radius 1 is 0.900 bits per heavy atom. The molecular formula is C18H18N2. The topological polar surface area (TPSA) is 24.9 Å². The lowest BCUT2D eigenvalue weighted by Gasteiger charge is -2.07. The van der Waals surface area contributed by atoms with Gasteiger partial charge in [0.25, 0.3) is 0 Å². The first-order valence-corrected chi connectivity index (χ1v) is 7.04. The normalized spacial score (nSPS) is 10.6. The predicted molar refractivity (Wildman–Crippen MR) is 85.0 cm³/mol. The zero-order valence-electron chi connectivity index (χ0n) is 11.4. The number of aryl methyl sites for hydroxylation is 1. The maximum Gasteiger partial charge on any atom is 0.0703 e. The quantitative estimate of drug-likeness (QED) is 0.694. The number of nitrogens with one attached hydrogen (secondary N) is 1. The van der Waals surface area contributed by atoms with E-state index in [9.17, 15) is 0 Å². The van der Waals surface area contributed by atoms with Gasteiger partial charge in [0.2, 0.25) is 0 Å². The summed E-state index contributed by atoms with van der Waals surface area (Å²) in [7, 11) is 0. The van der Waals surface area contributed by atoms with Gasteiger partial charge in [-0.1, -0.05) is 36.4 Å². The molecule has 1 aromatic heterocycles. The van der Waals surface area contributed by atoms with Crippen molar-refractivity contribution in [2.75, 3.05) is 11.9 Å². The fourth-order valence-corrected chi connectivity index (χ4v) is 2.36. The molecule has 0 aliphatic carbocycles. The van der Waals surface area contributed by atoms with Gasteiger partial charge in [0.05, 0.1) is 5.52 Å². The highest BCUT2D eigenvalue weighted by Gasteiger charge is 1.97. The Hall–Kier alpha value is -2.35. The lowest BCUT2D eigenvalue weighted by Crippen LogP contribution is -2.02. The molecule has 1 N–H and O–H groups in total. The SMILES string of the molecule is c1ccc(CCCNc2ccc3ncccc3c2)cc1. The van der Waals surface area contributed by atoms with Gasteiger partial charge in [-0.2, -0.15) is 0 Å². The molecule has 0 saturated heterocycles. The number of hydrogen-bond acceptors (Lipinski definition) is 2. The van der Waals surface area contributed by atoms with Crippen molar-refractivity contribution in [2.24, 2.45) is 0 Å².